The zero-order chi connectivity index (χ0) is 13.5. The van der Waals surface area contributed by atoms with E-state index in [9.17, 15) is 0 Å². The van der Waals surface area contributed by atoms with Crippen molar-refractivity contribution in [3.05, 3.63) is 71.3 Å². The standard InChI is InChI=1S/C17H21NO/c1-14(17-9-4-3-5-10-17)19-13-16-8-6-7-15(11-16)12-18-2/h3-11,14,18H,12-13H2,1-2H3. The molecule has 2 aromatic carbocycles. The molecule has 0 saturated heterocycles. The van der Waals surface area contributed by atoms with Gasteiger partial charge in [0.1, 0.15) is 0 Å². The minimum absolute atomic E-state index is 0.120. The lowest BCUT2D eigenvalue weighted by Crippen LogP contribution is -2.06. The van der Waals surface area contributed by atoms with Crippen molar-refractivity contribution in [3.8, 4) is 0 Å². The molecule has 100 valence electrons. The average Bonchev–Trinajstić information content (AvgIpc) is 2.46. The highest BCUT2D eigenvalue weighted by Crippen LogP contribution is 2.18. The van der Waals surface area contributed by atoms with Crippen LogP contribution in [0.15, 0.2) is 54.6 Å². The summed E-state index contributed by atoms with van der Waals surface area (Å²) in [6.07, 6.45) is 0.120. The number of benzene rings is 2. The monoisotopic (exact) mass is 255 g/mol. The van der Waals surface area contributed by atoms with Gasteiger partial charge in [0.25, 0.3) is 0 Å². The highest BCUT2D eigenvalue weighted by Gasteiger charge is 2.05. The molecule has 0 fully saturated rings. The van der Waals surface area contributed by atoms with Gasteiger partial charge in [-0.2, -0.15) is 0 Å². The average molecular weight is 255 g/mol. The van der Waals surface area contributed by atoms with Crippen LogP contribution in [0.3, 0.4) is 0 Å². The molecule has 2 aromatic rings. The first-order valence-corrected chi connectivity index (χ1v) is 6.68. The van der Waals surface area contributed by atoms with E-state index in [0.29, 0.717) is 6.61 Å². The fraction of sp³-hybridized carbons (Fsp3) is 0.294. The molecular formula is C17H21NO. The van der Waals surface area contributed by atoms with Crippen LogP contribution in [0.1, 0.15) is 29.7 Å². The predicted octanol–water partition coefficient (Wildman–Crippen LogP) is 3.68. The second kappa shape index (κ2) is 7.07. The molecule has 0 spiro atoms. The zero-order valence-corrected chi connectivity index (χ0v) is 11.6. The molecule has 0 aliphatic carbocycles. The van der Waals surface area contributed by atoms with Crippen LogP contribution in [0.5, 0.6) is 0 Å². The molecule has 1 atom stereocenters. The molecular weight excluding hydrogens is 234 g/mol. The fourth-order valence-electron chi connectivity index (χ4n) is 2.08. The Bertz CT molecular complexity index is 496. The number of rotatable bonds is 6. The van der Waals surface area contributed by atoms with Crippen molar-refractivity contribution in [1.29, 1.82) is 0 Å². The summed E-state index contributed by atoms with van der Waals surface area (Å²) in [5, 5.41) is 3.16. The summed E-state index contributed by atoms with van der Waals surface area (Å²) in [7, 11) is 1.96. The Labute approximate surface area is 115 Å². The third kappa shape index (κ3) is 4.19. The predicted molar refractivity (Wildman–Crippen MR) is 78.9 cm³/mol. The van der Waals surface area contributed by atoms with Crippen LogP contribution in [-0.2, 0) is 17.9 Å². The van der Waals surface area contributed by atoms with E-state index in [-0.39, 0.29) is 6.10 Å². The maximum absolute atomic E-state index is 5.93. The van der Waals surface area contributed by atoms with Gasteiger partial charge in [0, 0.05) is 6.54 Å². The first-order chi connectivity index (χ1) is 9.29. The summed E-state index contributed by atoms with van der Waals surface area (Å²) in [4.78, 5) is 0. The summed E-state index contributed by atoms with van der Waals surface area (Å²) in [6.45, 7) is 3.63. The highest BCUT2D eigenvalue weighted by molar-refractivity contribution is 5.23. The number of ether oxygens (including phenoxy) is 1. The Morgan fingerprint density at radius 3 is 2.47 bits per heavy atom. The van der Waals surface area contributed by atoms with Crippen molar-refractivity contribution in [1.82, 2.24) is 5.32 Å². The molecule has 2 nitrogen and oxygen atoms in total. The maximum Gasteiger partial charge on any atom is 0.0801 e. The van der Waals surface area contributed by atoms with Gasteiger partial charge in [0.2, 0.25) is 0 Å². The zero-order valence-electron chi connectivity index (χ0n) is 11.6. The Morgan fingerprint density at radius 2 is 1.74 bits per heavy atom. The number of hydrogen-bond acceptors (Lipinski definition) is 2. The Hall–Kier alpha value is -1.64. The molecule has 2 rings (SSSR count). The highest BCUT2D eigenvalue weighted by atomic mass is 16.5. The van der Waals surface area contributed by atoms with Crippen molar-refractivity contribution in [3.63, 3.8) is 0 Å². The Balaban J connectivity index is 1.93. The van der Waals surface area contributed by atoms with E-state index in [1.807, 2.05) is 25.2 Å². The molecule has 1 unspecified atom stereocenters. The van der Waals surface area contributed by atoms with Gasteiger partial charge < -0.3 is 10.1 Å². The van der Waals surface area contributed by atoms with Gasteiger partial charge in [0.05, 0.1) is 12.7 Å². The molecule has 1 N–H and O–H groups in total. The lowest BCUT2D eigenvalue weighted by molar-refractivity contribution is 0.0525. The Kier molecular flexibility index (Phi) is 5.13. The summed E-state index contributed by atoms with van der Waals surface area (Å²) in [5.74, 6) is 0. The topological polar surface area (TPSA) is 21.3 Å². The smallest absolute Gasteiger partial charge is 0.0801 e. The molecule has 0 radical (unpaired) electrons. The van der Waals surface area contributed by atoms with Crippen LogP contribution in [0, 0.1) is 0 Å². The first-order valence-electron chi connectivity index (χ1n) is 6.68. The van der Waals surface area contributed by atoms with Crippen molar-refractivity contribution in [2.75, 3.05) is 7.05 Å². The van der Waals surface area contributed by atoms with Crippen molar-refractivity contribution >= 4 is 0 Å². The Morgan fingerprint density at radius 1 is 1.00 bits per heavy atom. The largest absolute Gasteiger partial charge is 0.369 e. The van der Waals surface area contributed by atoms with E-state index in [1.165, 1.54) is 16.7 Å². The fourth-order valence-corrected chi connectivity index (χ4v) is 2.08. The van der Waals surface area contributed by atoms with Gasteiger partial charge in [-0.1, -0.05) is 54.6 Å². The van der Waals surface area contributed by atoms with E-state index in [4.69, 9.17) is 4.74 Å². The van der Waals surface area contributed by atoms with E-state index < -0.39 is 0 Å². The quantitative estimate of drug-likeness (QED) is 0.850. The van der Waals surface area contributed by atoms with E-state index >= 15 is 0 Å². The second-order valence-corrected chi connectivity index (χ2v) is 4.71. The van der Waals surface area contributed by atoms with Crippen molar-refractivity contribution in [2.45, 2.75) is 26.2 Å². The SMILES string of the molecule is CNCc1cccc(COC(C)c2ccccc2)c1. The molecule has 0 aliphatic rings. The molecule has 0 saturated carbocycles. The van der Waals surface area contributed by atoms with Gasteiger partial charge >= 0.3 is 0 Å². The summed E-state index contributed by atoms with van der Waals surface area (Å²) >= 11 is 0. The molecule has 0 aliphatic heterocycles. The van der Waals surface area contributed by atoms with Gasteiger partial charge in [-0.25, -0.2) is 0 Å². The van der Waals surface area contributed by atoms with Gasteiger partial charge in [-0.3, -0.25) is 0 Å². The van der Waals surface area contributed by atoms with Crippen LogP contribution < -0.4 is 5.32 Å². The number of hydrogen-bond donors (Lipinski definition) is 1. The minimum Gasteiger partial charge on any atom is -0.369 e. The van der Waals surface area contributed by atoms with E-state index in [1.54, 1.807) is 0 Å². The molecule has 0 heterocycles. The van der Waals surface area contributed by atoms with Crippen molar-refractivity contribution in [2.24, 2.45) is 0 Å². The van der Waals surface area contributed by atoms with Gasteiger partial charge in [-0.15, -0.1) is 0 Å². The van der Waals surface area contributed by atoms with Crippen LogP contribution in [-0.4, -0.2) is 7.05 Å². The third-order valence-corrected chi connectivity index (χ3v) is 3.14. The summed E-state index contributed by atoms with van der Waals surface area (Å²) in [5.41, 5.74) is 3.72. The number of nitrogens with one attached hydrogen (secondary N) is 1. The van der Waals surface area contributed by atoms with Crippen LogP contribution in [0.2, 0.25) is 0 Å². The lowest BCUT2D eigenvalue weighted by atomic mass is 10.1. The third-order valence-electron chi connectivity index (χ3n) is 3.14. The van der Waals surface area contributed by atoms with Gasteiger partial charge in [0.15, 0.2) is 0 Å². The van der Waals surface area contributed by atoms with Crippen molar-refractivity contribution < 1.29 is 4.74 Å². The molecule has 0 amide bonds. The molecule has 2 heteroatoms. The van der Waals surface area contributed by atoms with E-state index in [0.717, 1.165) is 6.54 Å². The minimum atomic E-state index is 0.120. The normalized spacial score (nSPS) is 12.3. The van der Waals surface area contributed by atoms with E-state index in [2.05, 4.69) is 48.6 Å². The second-order valence-electron chi connectivity index (χ2n) is 4.71. The first kappa shape index (κ1) is 13.8. The van der Waals surface area contributed by atoms with Crippen LogP contribution in [0.25, 0.3) is 0 Å². The van der Waals surface area contributed by atoms with Gasteiger partial charge in [-0.05, 0) is 30.7 Å². The molecule has 0 bridgehead atoms. The molecule has 0 aromatic heterocycles. The summed E-state index contributed by atoms with van der Waals surface area (Å²) < 4.78 is 5.93. The summed E-state index contributed by atoms with van der Waals surface area (Å²) in [6, 6.07) is 18.8. The maximum atomic E-state index is 5.93. The molecule has 19 heavy (non-hydrogen) atoms. The van der Waals surface area contributed by atoms with Crippen LogP contribution >= 0.6 is 0 Å². The van der Waals surface area contributed by atoms with Crippen LogP contribution in [0.4, 0.5) is 0 Å². The lowest BCUT2D eigenvalue weighted by Gasteiger charge is -2.14.